The Hall–Kier alpha value is -1.89. The van der Waals surface area contributed by atoms with Crippen molar-refractivity contribution in [1.82, 2.24) is 10.5 Å². The number of nitrogens with one attached hydrogen (secondary N) is 1. The summed E-state index contributed by atoms with van der Waals surface area (Å²) < 4.78 is 9.81. The molecule has 0 aliphatic heterocycles. The summed E-state index contributed by atoms with van der Waals surface area (Å²) in [5.74, 6) is -0.973. The number of carbonyl (C=O) groups is 2. The number of nitrogens with zero attached hydrogens (tertiary/aromatic N) is 1. The van der Waals surface area contributed by atoms with E-state index in [9.17, 15) is 9.59 Å². The highest BCUT2D eigenvalue weighted by Crippen LogP contribution is 2.22. The number of hydrogen-bond donors (Lipinski definition) is 2. The number of ether oxygens (including phenoxy) is 1. The van der Waals surface area contributed by atoms with Gasteiger partial charge in [0.1, 0.15) is 6.61 Å². The van der Waals surface area contributed by atoms with Crippen molar-refractivity contribution in [2.45, 2.75) is 32.6 Å². The van der Waals surface area contributed by atoms with Crippen LogP contribution in [0, 0.1) is 0 Å². The number of carboxylic acids is 1. The topological polar surface area (TPSA) is 102 Å². The highest BCUT2D eigenvalue weighted by atomic mass is 16.5. The van der Waals surface area contributed by atoms with Gasteiger partial charge >= 0.3 is 5.97 Å². The highest BCUT2D eigenvalue weighted by Gasteiger charge is 2.17. The molecule has 0 bridgehead atoms. The molecule has 0 atom stereocenters. The van der Waals surface area contributed by atoms with Crippen LogP contribution in [0.2, 0.25) is 0 Å². The van der Waals surface area contributed by atoms with Gasteiger partial charge in [0.25, 0.3) is 5.91 Å². The van der Waals surface area contributed by atoms with Crippen LogP contribution in [0.5, 0.6) is 0 Å². The number of amides is 1. The minimum absolute atomic E-state index is 0.131. The molecule has 1 aromatic heterocycles. The molecule has 0 saturated carbocycles. The summed E-state index contributed by atoms with van der Waals surface area (Å²) in [4.78, 5) is 21.9. The SMILES string of the molecule is CCC(CC)c1cc(C(=O)NCCOCC(=O)O)on1. The lowest BCUT2D eigenvalue weighted by Crippen LogP contribution is -2.27. The van der Waals surface area contributed by atoms with E-state index in [0.717, 1.165) is 18.5 Å². The molecule has 0 aliphatic carbocycles. The van der Waals surface area contributed by atoms with Gasteiger partial charge < -0.3 is 19.7 Å². The lowest BCUT2D eigenvalue weighted by Gasteiger charge is -2.05. The van der Waals surface area contributed by atoms with Crippen LogP contribution in [0.3, 0.4) is 0 Å². The van der Waals surface area contributed by atoms with Crippen LogP contribution < -0.4 is 5.32 Å². The zero-order valence-corrected chi connectivity index (χ0v) is 11.7. The van der Waals surface area contributed by atoms with Crippen LogP contribution in [-0.2, 0) is 9.53 Å². The Kier molecular flexibility index (Phi) is 6.72. The average Bonchev–Trinajstić information content (AvgIpc) is 2.89. The summed E-state index contributed by atoms with van der Waals surface area (Å²) in [6, 6.07) is 1.64. The van der Waals surface area contributed by atoms with Gasteiger partial charge in [-0.2, -0.15) is 0 Å². The summed E-state index contributed by atoms with van der Waals surface area (Å²) in [5.41, 5.74) is 0.780. The number of carbonyl (C=O) groups excluding carboxylic acids is 1. The second-order valence-electron chi connectivity index (χ2n) is 4.33. The predicted molar refractivity (Wildman–Crippen MR) is 70.6 cm³/mol. The van der Waals surface area contributed by atoms with Crippen molar-refractivity contribution in [1.29, 1.82) is 0 Å². The second-order valence-corrected chi connectivity index (χ2v) is 4.33. The van der Waals surface area contributed by atoms with E-state index in [1.54, 1.807) is 6.07 Å². The van der Waals surface area contributed by atoms with Gasteiger partial charge in [-0.3, -0.25) is 4.79 Å². The first kappa shape index (κ1) is 16.2. The maximum atomic E-state index is 11.7. The number of rotatable bonds is 9. The summed E-state index contributed by atoms with van der Waals surface area (Å²) >= 11 is 0. The monoisotopic (exact) mass is 284 g/mol. The third kappa shape index (κ3) is 5.00. The van der Waals surface area contributed by atoms with Crippen molar-refractivity contribution in [2.24, 2.45) is 0 Å². The molecule has 20 heavy (non-hydrogen) atoms. The molecule has 0 aromatic carbocycles. The van der Waals surface area contributed by atoms with E-state index in [4.69, 9.17) is 14.4 Å². The zero-order chi connectivity index (χ0) is 15.0. The fourth-order valence-electron chi connectivity index (χ4n) is 1.78. The Labute approximate surface area is 117 Å². The van der Waals surface area contributed by atoms with E-state index in [0.29, 0.717) is 5.92 Å². The van der Waals surface area contributed by atoms with E-state index in [-0.39, 0.29) is 31.4 Å². The Bertz CT molecular complexity index is 440. The van der Waals surface area contributed by atoms with Gasteiger partial charge in [-0.25, -0.2) is 4.79 Å². The molecule has 7 nitrogen and oxygen atoms in total. The fraction of sp³-hybridized carbons (Fsp3) is 0.615. The molecule has 1 amide bonds. The fourth-order valence-corrected chi connectivity index (χ4v) is 1.78. The lowest BCUT2D eigenvalue weighted by molar-refractivity contribution is -0.142. The largest absolute Gasteiger partial charge is 0.480 e. The summed E-state index contributed by atoms with van der Waals surface area (Å²) in [6.45, 7) is 4.08. The van der Waals surface area contributed by atoms with Crippen LogP contribution in [0.1, 0.15) is 48.9 Å². The van der Waals surface area contributed by atoms with Gasteiger partial charge in [0.05, 0.1) is 12.3 Å². The minimum Gasteiger partial charge on any atom is -0.480 e. The summed E-state index contributed by atoms with van der Waals surface area (Å²) in [6.07, 6.45) is 1.88. The highest BCUT2D eigenvalue weighted by molar-refractivity contribution is 5.91. The first-order valence-corrected chi connectivity index (χ1v) is 6.62. The first-order chi connectivity index (χ1) is 9.58. The molecule has 1 rings (SSSR count). The molecule has 0 spiro atoms. The molecule has 1 aromatic rings. The predicted octanol–water partition coefficient (Wildman–Crippen LogP) is 1.41. The standard InChI is InChI=1S/C13H20N2O5/c1-3-9(4-2)10-7-11(20-15-10)13(18)14-5-6-19-8-12(16)17/h7,9H,3-6,8H2,1-2H3,(H,14,18)(H,16,17). The van der Waals surface area contributed by atoms with Crippen LogP contribution in [-0.4, -0.2) is 41.9 Å². The Morgan fingerprint density at radius 2 is 2.15 bits per heavy atom. The van der Waals surface area contributed by atoms with E-state index < -0.39 is 5.97 Å². The third-order valence-electron chi connectivity index (χ3n) is 2.91. The number of carboxylic acid groups (broad SMARTS) is 1. The number of aliphatic carboxylic acids is 1. The van der Waals surface area contributed by atoms with Gasteiger partial charge in [-0.05, 0) is 12.8 Å². The quantitative estimate of drug-likeness (QED) is 0.665. The smallest absolute Gasteiger partial charge is 0.329 e. The first-order valence-electron chi connectivity index (χ1n) is 6.62. The molecule has 7 heteroatoms. The molecule has 0 aliphatic rings. The third-order valence-corrected chi connectivity index (χ3v) is 2.91. The Morgan fingerprint density at radius 3 is 2.75 bits per heavy atom. The number of aromatic nitrogens is 1. The summed E-state index contributed by atoms with van der Waals surface area (Å²) in [7, 11) is 0. The van der Waals surface area contributed by atoms with Crippen molar-refractivity contribution in [2.75, 3.05) is 19.8 Å². The van der Waals surface area contributed by atoms with Gasteiger partial charge in [0, 0.05) is 18.5 Å². The molecular formula is C13H20N2O5. The Morgan fingerprint density at radius 1 is 1.45 bits per heavy atom. The van der Waals surface area contributed by atoms with Crippen molar-refractivity contribution >= 4 is 11.9 Å². The molecule has 0 unspecified atom stereocenters. The van der Waals surface area contributed by atoms with E-state index in [1.807, 2.05) is 0 Å². The molecule has 1 heterocycles. The van der Waals surface area contributed by atoms with Crippen LogP contribution >= 0.6 is 0 Å². The van der Waals surface area contributed by atoms with E-state index in [2.05, 4.69) is 24.3 Å². The molecule has 2 N–H and O–H groups in total. The van der Waals surface area contributed by atoms with Gasteiger partial charge in [0.15, 0.2) is 0 Å². The molecular weight excluding hydrogens is 264 g/mol. The number of hydrogen-bond acceptors (Lipinski definition) is 5. The van der Waals surface area contributed by atoms with Crippen LogP contribution in [0.4, 0.5) is 0 Å². The normalized spacial score (nSPS) is 10.8. The second kappa shape index (κ2) is 8.31. The zero-order valence-electron chi connectivity index (χ0n) is 11.7. The molecule has 112 valence electrons. The van der Waals surface area contributed by atoms with E-state index >= 15 is 0 Å². The van der Waals surface area contributed by atoms with E-state index in [1.165, 1.54) is 0 Å². The van der Waals surface area contributed by atoms with Crippen LogP contribution in [0.15, 0.2) is 10.6 Å². The average molecular weight is 284 g/mol. The maximum Gasteiger partial charge on any atom is 0.329 e. The van der Waals surface area contributed by atoms with Gasteiger partial charge in [-0.1, -0.05) is 19.0 Å². The van der Waals surface area contributed by atoms with Crippen molar-refractivity contribution in [3.8, 4) is 0 Å². The lowest BCUT2D eigenvalue weighted by atomic mass is 9.99. The van der Waals surface area contributed by atoms with Crippen LogP contribution in [0.25, 0.3) is 0 Å². The van der Waals surface area contributed by atoms with Crippen molar-refractivity contribution in [3.63, 3.8) is 0 Å². The van der Waals surface area contributed by atoms with Gasteiger partial charge in [0.2, 0.25) is 5.76 Å². The van der Waals surface area contributed by atoms with Crippen molar-refractivity contribution < 1.29 is 24.0 Å². The minimum atomic E-state index is -1.04. The van der Waals surface area contributed by atoms with Gasteiger partial charge in [-0.15, -0.1) is 0 Å². The molecule has 0 radical (unpaired) electrons. The molecule has 0 saturated heterocycles. The van der Waals surface area contributed by atoms with Crippen molar-refractivity contribution in [3.05, 3.63) is 17.5 Å². The molecule has 0 fully saturated rings. The maximum absolute atomic E-state index is 11.7. The summed E-state index contributed by atoms with van der Waals surface area (Å²) in [5, 5.41) is 14.8. The Balaban J connectivity index is 2.38.